The number of aryl methyl sites for hydroxylation is 2. The number of fused-ring (bicyclic) bond motifs is 5. The minimum Gasteiger partial charge on any atom is -0.310 e. The molecular weight excluding hydrogens is 462 g/mol. The van der Waals surface area contributed by atoms with Crippen LogP contribution in [0, 0.1) is 6.92 Å². The van der Waals surface area contributed by atoms with Crippen molar-refractivity contribution in [3.63, 3.8) is 0 Å². The van der Waals surface area contributed by atoms with Gasteiger partial charge in [0.05, 0.1) is 18.3 Å². The van der Waals surface area contributed by atoms with Crippen molar-refractivity contribution in [3.8, 4) is 5.00 Å². The molecule has 4 aromatic rings. The van der Waals surface area contributed by atoms with Crippen LogP contribution in [-0.4, -0.2) is 15.5 Å². The Morgan fingerprint density at radius 2 is 1.79 bits per heavy atom. The van der Waals surface area contributed by atoms with Crippen molar-refractivity contribution in [1.82, 2.24) is 9.47 Å². The zero-order valence-corrected chi connectivity index (χ0v) is 20.6. The fourth-order valence-electron chi connectivity index (χ4n) is 5.28. The fourth-order valence-corrected chi connectivity index (χ4v) is 6.81. The van der Waals surface area contributed by atoms with Crippen LogP contribution >= 0.6 is 22.9 Å². The van der Waals surface area contributed by atoms with E-state index in [0.29, 0.717) is 11.6 Å². The van der Waals surface area contributed by atoms with Gasteiger partial charge in [0.15, 0.2) is 0 Å². The minimum absolute atomic E-state index is 0.0920. The van der Waals surface area contributed by atoms with E-state index in [-0.39, 0.29) is 12.1 Å². The largest absolute Gasteiger partial charge is 0.322 e. The van der Waals surface area contributed by atoms with Gasteiger partial charge in [0.25, 0.3) is 0 Å². The maximum absolute atomic E-state index is 13.9. The second-order valence-corrected chi connectivity index (χ2v) is 10.6. The number of aromatic nitrogens is 1. The number of anilines is 1. The Kier molecular flexibility index (Phi) is 5.47. The summed E-state index contributed by atoms with van der Waals surface area (Å²) in [7, 11) is 0. The maximum Gasteiger partial charge on any atom is 0.322 e. The highest BCUT2D eigenvalue weighted by Crippen LogP contribution is 2.44. The fraction of sp³-hybridized carbons (Fsp3) is 0.250. The lowest BCUT2D eigenvalue weighted by Gasteiger charge is -2.31. The summed E-state index contributed by atoms with van der Waals surface area (Å²) in [6.45, 7) is 2.60. The lowest BCUT2D eigenvalue weighted by molar-refractivity contribution is 0.194. The summed E-state index contributed by atoms with van der Waals surface area (Å²) in [5.74, 6) is 0. The monoisotopic (exact) mass is 487 g/mol. The van der Waals surface area contributed by atoms with Gasteiger partial charge in [0.1, 0.15) is 5.00 Å². The van der Waals surface area contributed by atoms with Crippen molar-refractivity contribution in [3.05, 3.63) is 105 Å². The van der Waals surface area contributed by atoms with E-state index in [4.69, 9.17) is 11.6 Å². The summed E-state index contributed by atoms with van der Waals surface area (Å²) in [5.41, 5.74) is 6.79. The van der Waals surface area contributed by atoms with Gasteiger partial charge in [-0.2, -0.15) is 0 Å². The topological polar surface area (TPSA) is 37.3 Å². The van der Waals surface area contributed by atoms with Crippen LogP contribution in [0.25, 0.3) is 5.00 Å². The highest BCUT2D eigenvalue weighted by atomic mass is 35.5. The lowest BCUT2D eigenvalue weighted by Crippen LogP contribution is -2.38. The summed E-state index contributed by atoms with van der Waals surface area (Å²) in [4.78, 5) is 17.4. The first-order valence-corrected chi connectivity index (χ1v) is 13.0. The van der Waals surface area contributed by atoms with Gasteiger partial charge in [-0.15, -0.1) is 11.3 Å². The summed E-state index contributed by atoms with van der Waals surface area (Å²) >= 11 is 8.13. The van der Waals surface area contributed by atoms with Gasteiger partial charge in [-0.25, -0.2) is 4.79 Å². The summed E-state index contributed by atoms with van der Waals surface area (Å²) in [6, 6.07) is 19.7. The number of benzene rings is 2. The van der Waals surface area contributed by atoms with E-state index >= 15 is 0 Å². The normalized spacial score (nSPS) is 16.9. The molecule has 0 spiro atoms. The third-order valence-electron chi connectivity index (χ3n) is 7.01. The Bertz CT molecular complexity index is 1370. The number of nitrogens with zero attached hydrogens (tertiary/aromatic N) is 2. The third kappa shape index (κ3) is 3.64. The van der Waals surface area contributed by atoms with Crippen LogP contribution in [0.2, 0.25) is 5.02 Å². The zero-order valence-electron chi connectivity index (χ0n) is 19.1. The molecule has 6 rings (SSSR count). The molecule has 0 saturated carbocycles. The number of thiophene rings is 1. The molecule has 0 radical (unpaired) electrons. The van der Waals surface area contributed by atoms with Crippen LogP contribution in [0.4, 0.5) is 10.5 Å². The molecule has 1 aliphatic carbocycles. The molecule has 172 valence electrons. The number of urea groups is 1. The maximum atomic E-state index is 13.9. The van der Waals surface area contributed by atoms with Gasteiger partial charge < -0.3 is 14.8 Å². The molecule has 6 heteroatoms. The van der Waals surface area contributed by atoms with Crippen molar-refractivity contribution < 1.29 is 4.79 Å². The molecule has 34 heavy (non-hydrogen) atoms. The third-order valence-corrected chi connectivity index (χ3v) is 8.60. The van der Waals surface area contributed by atoms with Crippen LogP contribution in [0.1, 0.15) is 51.7 Å². The second kappa shape index (κ2) is 8.64. The first-order chi connectivity index (χ1) is 16.6. The Morgan fingerprint density at radius 3 is 2.62 bits per heavy atom. The Labute approximate surface area is 208 Å². The van der Waals surface area contributed by atoms with Gasteiger partial charge in [0.2, 0.25) is 0 Å². The zero-order chi connectivity index (χ0) is 23.2. The van der Waals surface area contributed by atoms with E-state index in [1.165, 1.54) is 33.8 Å². The number of hydrogen-bond acceptors (Lipinski definition) is 2. The molecule has 2 aromatic carbocycles. The molecule has 1 atom stereocenters. The molecule has 1 N–H and O–H groups in total. The van der Waals surface area contributed by atoms with Crippen LogP contribution in [0.5, 0.6) is 0 Å². The predicted molar refractivity (Wildman–Crippen MR) is 139 cm³/mol. The van der Waals surface area contributed by atoms with E-state index < -0.39 is 0 Å². The number of hydrogen-bond donors (Lipinski definition) is 1. The first-order valence-electron chi connectivity index (χ1n) is 11.8. The van der Waals surface area contributed by atoms with Gasteiger partial charge in [-0.05, 0) is 79.6 Å². The summed E-state index contributed by atoms with van der Waals surface area (Å²) < 4.78 is 2.30. The van der Waals surface area contributed by atoms with Crippen molar-refractivity contribution in [2.75, 3.05) is 5.32 Å². The first kappa shape index (κ1) is 21.5. The van der Waals surface area contributed by atoms with Crippen LogP contribution < -0.4 is 5.32 Å². The number of rotatable bonds is 2. The van der Waals surface area contributed by atoms with Gasteiger partial charge in [-0.1, -0.05) is 41.9 Å². The molecule has 3 heterocycles. The molecule has 1 aliphatic heterocycles. The van der Waals surface area contributed by atoms with Crippen molar-refractivity contribution in [1.29, 1.82) is 0 Å². The highest BCUT2D eigenvalue weighted by molar-refractivity contribution is 7.15. The molecule has 0 saturated heterocycles. The molecule has 4 nitrogen and oxygen atoms in total. The quantitative estimate of drug-likeness (QED) is 0.312. The average molecular weight is 488 g/mol. The number of carbonyl (C=O) groups excluding carboxylic acids is 1. The van der Waals surface area contributed by atoms with Gasteiger partial charge >= 0.3 is 6.03 Å². The lowest BCUT2D eigenvalue weighted by atomic mass is 9.95. The van der Waals surface area contributed by atoms with Crippen molar-refractivity contribution in [2.24, 2.45) is 0 Å². The molecule has 0 fully saturated rings. The van der Waals surface area contributed by atoms with Crippen LogP contribution in [0.3, 0.4) is 0 Å². The van der Waals surface area contributed by atoms with Gasteiger partial charge in [0, 0.05) is 27.3 Å². The SMILES string of the molecule is Cc1ccccc1NC(=O)N1Cc2c(sc3c2CCCC3)-n2cccc2[C@H]1c1ccc(Cl)cc1. The second-order valence-electron chi connectivity index (χ2n) is 9.12. The van der Waals surface area contributed by atoms with Crippen LogP contribution in [0.15, 0.2) is 66.9 Å². The number of halogens is 1. The number of para-hydroxylation sites is 1. The number of amides is 2. The molecular formula is C28H26ClN3OS. The van der Waals surface area contributed by atoms with E-state index in [1.54, 1.807) is 0 Å². The standard InChI is InChI=1S/C28H26ClN3OS/c1-18-7-2-4-9-23(18)30-28(33)32-17-22-21-8-3-5-11-25(21)34-27(22)31-16-6-10-24(31)26(32)19-12-14-20(29)15-13-19/h2,4,6-7,9-10,12-16,26H,3,5,8,11,17H2,1H3,(H,30,33)/t26-/m1/s1. The molecule has 2 amide bonds. The summed E-state index contributed by atoms with van der Waals surface area (Å²) in [6.07, 6.45) is 6.83. The Balaban J connectivity index is 1.51. The number of nitrogens with one attached hydrogen (secondary N) is 1. The molecule has 0 unspecified atom stereocenters. The molecule has 2 aromatic heterocycles. The predicted octanol–water partition coefficient (Wildman–Crippen LogP) is 7.52. The van der Waals surface area contributed by atoms with E-state index in [2.05, 4.69) is 28.2 Å². The smallest absolute Gasteiger partial charge is 0.310 e. The van der Waals surface area contributed by atoms with Crippen LogP contribution in [-0.2, 0) is 19.4 Å². The van der Waals surface area contributed by atoms with E-state index in [1.807, 2.05) is 71.7 Å². The molecule has 0 bridgehead atoms. The highest BCUT2D eigenvalue weighted by Gasteiger charge is 2.36. The van der Waals surface area contributed by atoms with E-state index in [9.17, 15) is 4.79 Å². The molecule has 2 aliphatic rings. The van der Waals surface area contributed by atoms with Gasteiger partial charge in [-0.3, -0.25) is 0 Å². The summed E-state index contributed by atoms with van der Waals surface area (Å²) in [5, 5.41) is 5.15. The number of carbonyl (C=O) groups is 1. The Hall–Kier alpha value is -3.02. The van der Waals surface area contributed by atoms with Crippen molar-refractivity contribution >= 4 is 34.7 Å². The Morgan fingerprint density at radius 1 is 1.00 bits per heavy atom. The van der Waals surface area contributed by atoms with Crippen molar-refractivity contribution in [2.45, 2.75) is 45.2 Å². The van der Waals surface area contributed by atoms with E-state index in [0.717, 1.165) is 35.3 Å². The average Bonchev–Trinajstić information content (AvgIpc) is 3.43. The minimum atomic E-state index is -0.227.